The molecule has 0 radical (unpaired) electrons. The summed E-state index contributed by atoms with van der Waals surface area (Å²) in [5.74, 6) is 0. The standard InChI is InChI=1S/C18H28N2O2.C16H23BrN2/c1-15-8-16(2)10-17(9-15,14-20-5-3-4-19-20)13-18(11-15,12-16)22-7-6-21;1-13-6-14(2)8-15(7-13,11-16(17,9-13)10-14)12-19-5-3-4-18-19/h3-5,21H,6-14H2,1-2H3;3-5H,6-12H2,1-2H3. The Bertz CT molecular complexity index is 1190. The summed E-state index contributed by atoms with van der Waals surface area (Å²) < 4.78 is 11.0. The first-order valence-corrected chi connectivity index (χ1v) is 16.9. The van der Waals surface area contributed by atoms with E-state index in [0.717, 1.165) is 32.4 Å². The smallest absolute Gasteiger partial charge is 0.0705 e. The van der Waals surface area contributed by atoms with Crippen molar-refractivity contribution in [2.45, 2.75) is 128 Å². The lowest BCUT2D eigenvalue weighted by Gasteiger charge is -2.69. The predicted molar refractivity (Wildman–Crippen MR) is 165 cm³/mol. The number of aliphatic hydroxyl groups is 1. The lowest BCUT2D eigenvalue weighted by molar-refractivity contribution is -0.249. The molecule has 0 amide bonds. The van der Waals surface area contributed by atoms with Crippen molar-refractivity contribution < 1.29 is 9.84 Å². The van der Waals surface area contributed by atoms with Gasteiger partial charge in [-0.1, -0.05) is 43.6 Å². The minimum atomic E-state index is -0.0197. The molecular weight excluding hydrogens is 576 g/mol. The number of aliphatic hydroxyl groups excluding tert-OH is 1. The Morgan fingerprint density at radius 1 is 0.659 bits per heavy atom. The lowest BCUT2D eigenvalue weighted by atomic mass is 9.39. The fraction of sp³-hybridized carbons (Fsp3) is 0.824. The number of nitrogens with zero attached hydrogens (tertiary/aromatic N) is 4. The second-order valence-corrected chi connectivity index (χ2v) is 19.4. The highest BCUT2D eigenvalue weighted by Crippen LogP contribution is 2.74. The van der Waals surface area contributed by atoms with E-state index in [-0.39, 0.29) is 12.2 Å². The molecule has 2 aromatic heterocycles. The minimum absolute atomic E-state index is 0.0197. The first-order valence-electron chi connectivity index (χ1n) is 16.1. The molecule has 1 N–H and O–H groups in total. The van der Waals surface area contributed by atoms with E-state index in [4.69, 9.17) is 4.74 Å². The second-order valence-electron chi connectivity index (χ2n) is 17.7. The van der Waals surface area contributed by atoms with Crippen LogP contribution in [0.15, 0.2) is 36.9 Å². The quantitative estimate of drug-likeness (QED) is 0.325. The maximum atomic E-state index is 9.23. The Hall–Kier alpha value is -1.18. The summed E-state index contributed by atoms with van der Waals surface area (Å²) in [7, 11) is 0. The van der Waals surface area contributed by atoms with Crippen LogP contribution in [0, 0.1) is 32.5 Å². The molecule has 4 unspecified atom stereocenters. The molecular formula is C34H51BrN4O2. The molecule has 7 heteroatoms. The van der Waals surface area contributed by atoms with Crippen LogP contribution in [0.25, 0.3) is 0 Å². The van der Waals surface area contributed by atoms with Gasteiger partial charge in [0.05, 0.1) is 18.8 Å². The largest absolute Gasteiger partial charge is 0.394 e. The van der Waals surface area contributed by atoms with Gasteiger partial charge in [0.15, 0.2) is 0 Å². The van der Waals surface area contributed by atoms with Gasteiger partial charge in [0.25, 0.3) is 0 Å². The van der Waals surface area contributed by atoms with Gasteiger partial charge in [-0.05, 0) is 122 Å². The number of aromatic nitrogens is 4. The summed E-state index contributed by atoms with van der Waals surface area (Å²) in [6.07, 6.45) is 23.7. The molecule has 0 saturated heterocycles. The maximum Gasteiger partial charge on any atom is 0.0705 e. The van der Waals surface area contributed by atoms with Gasteiger partial charge in [0.2, 0.25) is 0 Å². The van der Waals surface area contributed by atoms with Crippen molar-refractivity contribution in [2.75, 3.05) is 13.2 Å². The van der Waals surface area contributed by atoms with Crippen LogP contribution < -0.4 is 0 Å². The van der Waals surface area contributed by atoms with Crippen LogP contribution in [-0.2, 0) is 17.8 Å². The van der Waals surface area contributed by atoms with Gasteiger partial charge in [0, 0.05) is 42.2 Å². The van der Waals surface area contributed by atoms with E-state index in [2.05, 4.69) is 75.6 Å². The van der Waals surface area contributed by atoms with E-state index >= 15 is 0 Å². The van der Waals surface area contributed by atoms with Crippen LogP contribution in [-0.4, -0.2) is 47.8 Å². The molecule has 10 rings (SSSR count). The summed E-state index contributed by atoms with van der Waals surface area (Å²) in [6, 6.07) is 4.07. The van der Waals surface area contributed by atoms with Crippen molar-refractivity contribution in [3.05, 3.63) is 36.9 Å². The molecule has 2 heterocycles. The molecule has 0 spiro atoms. The Balaban J connectivity index is 0.000000136. The third kappa shape index (κ3) is 5.28. The first-order chi connectivity index (χ1) is 19.2. The number of ether oxygens (including phenoxy) is 1. The molecule has 4 atom stereocenters. The minimum Gasteiger partial charge on any atom is -0.394 e. The van der Waals surface area contributed by atoms with Gasteiger partial charge >= 0.3 is 0 Å². The zero-order valence-corrected chi connectivity index (χ0v) is 27.4. The molecule has 41 heavy (non-hydrogen) atoms. The fourth-order valence-corrected chi connectivity index (χ4v) is 15.8. The van der Waals surface area contributed by atoms with E-state index in [1.54, 1.807) is 0 Å². The van der Waals surface area contributed by atoms with Gasteiger partial charge in [-0.25, -0.2) is 0 Å². The van der Waals surface area contributed by atoms with Gasteiger partial charge in [-0.15, -0.1) is 0 Å². The number of hydrogen-bond donors (Lipinski definition) is 1. The van der Waals surface area contributed by atoms with E-state index in [1.165, 1.54) is 57.8 Å². The average molecular weight is 628 g/mol. The van der Waals surface area contributed by atoms with Gasteiger partial charge in [0.1, 0.15) is 0 Å². The van der Waals surface area contributed by atoms with Crippen LogP contribution in [0.1, 0.15) is 105 Å². The highest BCUT2D eigenvalue weighted by atomic mass is 79.9. The summed E-state index contributed by atoms with van der Waals surface area (Å²) in [6.45, 7) is 12.7. The predicted octanol–water partition coefficient (Wildman–Crippen LogP) is 7.41. The monoisotopic (exact) mass is 626 g/mol. The molecule has 2 aromatic rings. The Kier molecular flexibility index (Phi) is 6.39. The number of alkyl halides is 1. The van der Waals surface area contributed by atoms with Crippen molar-refractivity contribution in [1.29, 1.82) is 0 Å². The van der Waals surface area contributed by atoms with Crippen LogP contribution >= 0.6 is 15.9 Å². The normalized spacial score (nSPS) is 48.8. The van der Waals surface area contributed by atoms with Gasteiger partial charge < -0.3 is 9.84 Å². The molecule has 8 aliphatic carbocycles. The summed E-state index contributed by atoms with van der Waals surface area (Å²) in [5, 5.41) is 18.1. The van der Waals surface area contributed by atoms with Crippen LogP contribution in [0.4, 0.5) is 0 Å². The Morgan fingerprint density at radius 3 is 1.54 bits per heavy atom. The van der Waals surface area contributed by atoms with Crippen molar-refractivity contribution in [2.24, 2.45) is 32.5 Å². The van der Waals surface area contributed by atoms with Gasteiger partial charge in [-0.3, -0.25) is 9.36 Å². The Labute approximate surface area is 255 Å². The zero-order valence-electron chi connectivity index (χ0n) is 25.8. The van der Waals surface area contributed by atoms with E-state index in [0.29, 0.717) is 43.4 Å². The lowest BCUT2D eigenvalue weighted by Crippen LogP contribution is -2.64. The van der Waals surface area contributed by atoms with Crippen LogP contribution in [0.5, 0.6) is 0 Å². The first kappa shape index (κ1) is 28.6. The van der Waals surface area contributed by atoms with E-state index in [9.17, 15) is 5.11 Å². The highest BCUT2D eigenvalue weighted by Gasteiger charge is 2.67. The van der Waals surface area contributed by atoms with Crippen molar-refractivity contribution >= 4 is 15.9 Å². The molecule has 8 fully saturated rings. The van der Waals surface area contributed by atoms with Crippen LogP contribution in [0.2, 0.25) is 0 Å². The fourth-order valence-electron chi connectivity index (χ4n) is 13.8. The van der Waals surface area contributed by atoms with Crippen LogP contribution in [0.3, 0.4) is 0 Å². The highest BCUT2D eigenvalue weighted by molar-refractivity contribution is 9.10. The zero-order chi connectivity index (χ0) is 28.8. The van der Waals surface area contributed by atoms with E-state index < -0.39 is 0 Å². The van der Waals surface area contributed by atoms with E-state index in [1.807, 2.05) is 24.5 Å². The molecule has 6 nitrogen and oxygen atoms in total. The van der Waals surface area contributed by atoms with Crippen molar-refractivity contribution in [1.82, 2.24) is 19.6 Å². The van der Waals surface area contributed by atoms with Crippen molar-refractivity contribution in [3.63, 3.8) is 0 Å². The molecule has 0 aromatic carbocycles. The molecule has 0 aliphatic heterocycles. The molecule has 226 valence electrons. The number of rotatable bonds is 7. The average Bonchev–Trinajstić information content (AvgIpc) is 3.46. The summed E-state index contributed by atoms with van der Waals surface area (Å²) in [5.41, 5.74) is 2.60. The molecule has 8 bridgehead atoms. The van der Waals surface area contributed by atoms with Crippen molar-refractivity contribution in [3.8, 4) is 0 Å². The maximum absolute atomic E-state index is 9.23. The van der Waals surface area contributed by atoms with Gasteiger partial charge in [-0.2, -0.15) is 10.2 Å². The SMILES string of the molecule is CC12CC3(C)CC(Br)(C1)CC(Cn1cccn1)(C2)C3.CC12CC3(C)CC(Cn4cccn4)(C1)CC(OCCO)(C2)C3. The topological polar surface area (TPSA) is 65.1 Å². The Morgan fingerprint density at radius 2 is 1.12 bits per heavy atom. The molecule has 8 saturated carbocycles. The number of halogens is 1. The summed E-state index contributed by atoms with van der Waals surface area (Å²) >= 11 is 4.14. The third-order valence-corrected chi connectivity index (χ3v) is 12.7. The molecule has 8 aliphatic rings. The summed E-state index contributed by atoms with van der Waals surface area (Å²) in [4.78, 5) is 0. The third-order valence-electron chi connectivity index (χ3n) is 11.9. The second kappa shape index (κ2) is 9.17. The number of hydrogen-bond acceptors (Lipinski definition) is 4.